The van der Waals surface area contributed by atoms with Crippen LogP contribution in [0.5, 0.6) is 0 Å². The quantitative estimate of drug-likeness (QED) is 0.867. The topological polar surface area (TPSA) is 55.1 Å². The van der Waals surface area contributed by atoms with Gasteiger partial charge in [-0.2, -0.15) is 0 Å². The number of amides is 1. The lowest BCUT2D eigenvalue weighted by Crippen LogP contribution is -2.47. The molecule has 1 rings (SSSR count). The van der Waals surface area contributed by atoms with Crippen molar-refractivity contribution in [2.24, 2.45) is 16.6 Å². The predicted octanol–water partition coefficient (Wildman–Crippen LogP) is 3.27. The lowest BCUT2D eigenvalue weighted by Gasteiger charge is -2.35. The van der Waals surface area contributed by atoms with Gasteiger partial charge >= 0.3 is 0 Å². The van der Waals surface area contributed by atoms with E-state index in [0.717, 1.165) is 12.0 Å². The lowest BCUT2D eigenvalue weighted by molar-refractivity contribution is -0.131. The van der Waals surface area contributed by atoms with E-state index in [-0.39, 0.29) is 17.4 Å². The van der Waals surface area contributed by atoms with Gasteiger partial charge in [0, 0.05) is 6.54 Å². The molecule has 0 fully saturated rings. The minimum Gasteiger partial charge on any atom is -0.348 e. The van der Waals surface area contributed by atoms with Crippen molar-refractivity contribution >= 4 is 5.91 Å². The highest BCUT2D eigenvalue weighted by Gasteiger charge is 2.35. The Morgan fingerprint density at radius 1 is 1.20 bits per heavy atom. The Morgan fingerprint density at radius 3 is 2.15 bits per heavy atom. The Labute approximate surface area is 122 Å². The molecule has 0 saturated carbocycles. The van der Waals surface area contributed by atoms with Gasteiger partial charge in [0.25, 0.3) is 0 Å². The summed E-state index contributed by atoms with van der Waals surface area (Å²) in [5.74, 6) is 0.0336. The summed E-state index contributed by atoms with van der Waals surface area (Å²) in [6.45, 7) is 10.7. The normalized spacial score (nSPS) is 16.3. The zero-order chi connectivity index (χ0) is 15.4. The van der Waals surface area contributed by atoms with Crippen molar-refractivity contribution < 1.29 is 4.79 Å². The zero-order valence-electron chi connectivity index (χ0n) is 13.4. The molecule has 1 aromatic rings. The molecule has 1 aromatic carbocycles. The van der Waals surface area contributed by atoms with Gasteiger partial charge in [0.1, 0.15) is 0 Å². The zero-order valence-corrected chi connectivity index (χ0v) is 13.4. The number of hydrogen-bond donors (Lipinski definition) is 2. The number of carbonyl (C=O) groups is 1. The van der Waals surface area contributed by atoms with E-state index in [0.29, 0.717) is 6.54 Å². The predicted molar refractivity (Wildman–Crippen MR) is 84.2 cm³/mol. The molecule has 2 atom stereocenters. The molecule has 0 radical (unpaired) electrons. The Kier molecular flexibility index (Phi) is 5.35. The second-order valence-electron chi connectivity index (χ2n) is 6.80. The van der Waals surface area contributed by atoms with Crippen LogP contribution in [-0.2, 0) is 4.79 Å². The summed E-state index contributed by atoms with van der Waals surface area (Å²) in [7, 11) is 0. The van der Waals surface area contributed by atoms with Crippen molar-refractivity contribution in [2.45, 2.75) is 47.1 Å². The van der Waals surface area contributed by atoms with E-state index in [1.807, 2.05) is 32.0 Å². The van der Waals surface area contributed by atoms with Crippen LogP contribution in [0.3, 0.4) is 0 Å². The van der Waals surface area contributed by atoms with E-state index in [1.54, 1.807) is 0 Å². The third kappa shape index (κ3) is 3.83. The largest absolute Gasteiger partial charge is 0.348 e. The molecule has 3 heteroatoms. The first kappa shape index (κ1) is 16.7. The highest BCUT2D eigenvalue weighted by molar-refractivity contribution is 5.83. The smallest absolute Gasteiger partial charge is 0.227 e. The minimum atomic E-state index is -0.502. The molecule has 0 aliphatic rings. The first-order valence-electron chi connectivity index (χ1n) is 7.30. The standard InChI is InChI=1S/C17H28N2O/c1-6-17(5,12-18)15(20)19-14(16(2,3)4)13-10-8-7-9-11-13/h7-11,14H,6,12,18H2,1-5H3,(H,19,20). The average Bonchev–Trinajstić information content (AvgIpc) is 2.43. The Morgan fingerprint density at radius 2 is 1.75 bits per heavy atom. The summed E-state index contributed by atoms with van der Waals surface area (Å²) >= 11 is 0. The summed E-state index contributed by atoms with van der Waals surface area (Å²) in [5.41, 5.74) is 6.35. The molecule has 0 spiro atoms. The Bertz CT molecular complexity index is 430. The molecule has 3 nitrogen and oxygen atoms in total. The summed E-state index contributed by atoms with van der Waals surface area (Å²) in [6, 6.07) is 10.1. The number of nitrogens with two attached hydrogens (primary N) is 1. The molecule has 0 aliphatic heterocycles. The molecule has 0 heterocycles. The molecule has 0 aromatic heterocycles. The monoisotopic (exact) mass is 276 g/mol. The Hall–Kier alpha value is -1.35. The van der Waals surface area contributed by atoms with Gasteiger partial charge in [0.15, 0.2) is 0 Å². The van der Waals surface area contributed by atoms with Crippen LogP contribution < -0.4 is 11.1 Å². The summed E-state index contributed by atoms with van der Waals surface area (Å²) in [5, 5.41) is 3.20. The van der Waals surface area contributed by atoms with Crippen LogP contribution in [0.15, 0.2) is 30.3 Å². The number of carbonyl (C=O) groups excluding carboxylic acids is 1. The SMILES string of the molecule is CCC(C)(CN)C(=O)NC(c1ccccc1)C(C)(C)C. The van der Waals surface area contributed by atoms with Crippen LogP contribution in [0.1, 0.15) is 52.6 Å². The van der Waals surface area contributed by atoms with Crippen molar-refractivity contribution in [3.8, 4) is 0 Å². The van der Waals surface area contributed by atoms with Crippen molar-refractivity contribution in [3.05, 3.63) is 35.9 Å². The second-order valence-corrected chi connectivity index (χ2v) is 6.80. The van der Waals surface area contributed by atoms with Crippen LogP contribution in [0.2, 0.25) is 0 Å². The van der Waals surface area contributed by atoms with Gasteiger partial charge < -0.3 is 11.1 Å². The van der Waals surface area contributed by atoms with E-state index in [2.05, 4.69) is 38.2 Å². The fourth-order valence-electron chi connectivity index (χ4n) is 2.15. The maximum Gasteiger partial charge on any atom is 0.227 e. The van der Waals surface area contributed by atoms with Crippen molar-refractivity contribution in [1.29, 1.82) is 0 Å². The van der Waals surface area contributed by atoms with E-state index >= 15 is 0 Å². The number of nitrogens with one attached hydrogen (secondary N) is 1. The van der Waals surface area contributed by atoms with Crippen LogP contribution in [0.4, 0.5) is 0 Å². The van der Waals surface area contributed by atoms with Gasteiger partial charge in [-0.1, -0.05) is 58.0 Å². The van der Waals surface area contributed by atoms with Crippen LogP contribution in [0.25, 0.3) is 0 Å². The minimum absolute atomic E-state index is 0.0198. The van der Waals surface area contributed by atoms with Gasteiger partial charge in [-0.15, -0.1) is 0 Å². The first-order valence-corrected chi connectivity index (χ1v) is 7.30. The average molecular weight is 276 g/mol. The third-order valence-corrected chi connectivity index (χ3v) is 4.05. The van der Waals surface area contributed by atoms with Crippen LogP contribution >= 0.6 is 0 Å². The fraction of sp³-hybridized carbons (Fsp3) is 0.588. The molecule has 0 aliphatic carbocycles. The van der Waals surface area contributed by atoms with E-state index in [1.165, 1.54) is 0 Å². The maximum absolute atomic E-state index is 12.6. The molecule has 2 unspecified atom stereocenters. The molecule has 0 bridgehead atoms. The van der Waals surface area contributed by atoms with Gasteiger partial charge in [-0.3, -0.25) is 4.79 Å². The first-order chi connectivity index (χ1) is 9.24. The van der Waals surface area contributed by atoms with Crippen molar-refractivity contribution in [3.63, 3.8) is 0 Å². The summed E-state index contributed by atoms with van der Waals surface area (Å²) < 4.78 is 0. The lowest BCUT2D eigenvalue weighted by atomic mass is 9.80. The fourth-order valence-corrected chi connectivity index (χ4v) is 2.15. The molecular formula is C17H28N2O. The highest BCUT2D eigenvalue weighted by atomic mass is 16.2. The highest BCUT2D eigenvalue weighted by Crippen LogP contribution is 2.34. The summed E-state index contributed by atoms with van der Waals surface area (Å²) in [4.78, 5) is 12.6. The summed E-state index contributed by atoms with van der Waals surface area (Å²) in [6.07, 6.45) is 0.737. The van der Waals surface area contributed by atoms with Gasteiger partial charge in [-0.25, -0.2) is 0 Å². The van der Waals surface area contributed by atoms with Gasteiger partial charge in [0.05, 0.1) is 11.5 Å². The number of benzene rings is 1. The van der Waals surface area contributed by atoms with Gasteiger partial charge in [-0.05, 0) is 24.3 Å². The van der Waals surface area contributed by atoms with E-state index < -0.39 is 5.41 Å². The van der Waals surface area contributed by atoms with Crippen LogP contribution in [-0.4, -0.2) is 12.5 Å². The molecule has 20 heavy (non-hydrogen) atoms. The number of hydrogen-bond acceptors (Lipinski definition) is 2. The maximum atomic E-state index is 12.6. The molecule has 1 amide bonds. The molecule has 112 valence electrons. The van der Waals surface area contributed by atoms with Crippen LogP contribution in [0, 0.1) is 10.8 Å². The molecular weight excluding hydrogens is 248 g/mol. The van der Waals surface area contributed by atoms with Gasteiger partial charge in [0.2, 0.25) is 5.91 Å². The van der Waals surface area contributed by atoms with Crippen molar-refractivity contribution in [2.75, 3.05) is 6.54 Å². The Balaban J connectivity index is 3.02. The second kappa shape index (κ2) is 6.40. The number of rotatable bonds is 5. The van der Waals surface area contributed by atoms with Crippen molar-refractivity contribution in [1.82, 2.24) is 5.32 Å². The van der Waals surface area contributed by atoms with E-state index in [9.17, 15) is 4.79 Å². The molecule has 3 N–H and O–H groups in total. The molecule has 0 saturated heterocycles. The van der Waals surface area contributed by atoms with E-state index in [4.69, 9.17) is 5.73 Å². The third-order valence-electron chi connectivity index (χ3n) is 4.05.